The van der Waals surface area contributed by atoms with Gasteiger partial charge in [0.25, 0.3) is 0 Å². The lowest BCUT2D eigenvalue weighted by Gasteiger charge is -2.18. The Hall–Kier alpha value is -1.54. The summed E-state index contributed by atoms with van der Waals surface area (Å²) in [5.74, 6) is 2.37. The van der Waals surface area contributed by atoms with Crippen LogP contribution in [-0.2, 0) is 9.53 Å². The minimum Gasteiger partial charge on any atom is -0.436 e. The molecule has 0 spiro atoms. The number of terminal acetylenes is 1. The lowest BCUT2D eigenvalue weighted by Crippen LogP contribution is -2.39. The molecule has 0 aliphatic carbocycles. The van der Waals surface area contributed by atoms with Crippen molar-refractivity contribution in [3.63, 3.8) is 0 Å². The van der Waals surface area contributed by atoms with Crippen molar-refractivity contribution in [2.24, 2.45) is 0 Å². The van der Waals surface area contributed by atoms with Crippen LogP contribution in [0.2, 0.25) is 0 Å². The first-order chi connectivity index (χ1) is 8.97. The average molecular weight is 268 g/mol. The predicted octanol–water partition coefficient (Wildman–Crippen LogP) is 1.47. The molecule has 2 N–H and O–H groups in total. The number of carbonyl (C=O) groups excluding carboxylic acids is 2. The highest BCUT2D eigenvalue weighted by Crippen LogP contribution is 2.03. The van der Waals surface area contributed by atoms with Crippen LogP contribution in [0.1, 0.15) is 40.0 Å². The van der Waals surface area contributed by atoms with Gasteiger partial charge in [0, 0.05) is 12.6 Å². The highest BCUT2D eigenvalue weighted by Gasteiger charge is 2.14. The Bertz CT molecular complexity index is 321. The van der Waals surface area contributed by atoms with Crippen LogP contribution >= 0.6 is 0 Å². The summed E-state index contributed by atoms with van der Waals surface area (Å²) in [6, 6.07) is 0.180. The number of carbonyl (C=O) groups is 2. The maximum atomic E-state index is 11.4. The van der Waals surface area contributed by atoms with E-state index in [9.17, 15) is 9.59 Å². The average Bonchev–Trinajstić information content (AvgIpc) is 2.33. The van der Waals surface area contributed by atoms with Gasteiger partial charge in [0.1, 0.15) is 5.78 Å². The topological polar surface area (TPSA) is 67.4 Å². The van der Waals surface area contributed by atoms with Crippen molar-refractivity contribution >= 4 is 11.9 Å². The van der Waals surface area contributed by atoms with Crippen molar-refractivity contribution in [2.45, 2.75) is 52.1 Å². The van der Waals surface area contributed by atoms with E-state index in [2.05, 4.69) is 21.3 Å². The summed E-state index contributed by atoms with van der Waals surface area (Å²) < 4.78 is 4.66. The second kappa shape index (κ2) is 10.4. The molecular formula is C14H24N2O3. The zero-order valence-corrected chi connectivity index (χ0v) is 12.0. The molecule has 0 aliphatic rings. The van der Waals surface area contributed by atoms with E-state index in [4.69, 9.17) is 6.42 Å². The van der Waals surface area contributed by atoms with E-state index in [0.717, 1.165) is 19.3 Å². The molecule has 1 unspecified atom stereocenters. The molecule has 1 amide bonds. The summed E-state index contributed by atoms with van der Waals surface area (Å²) in [6.07, 6.45) is 6.90. The van der Waals surface area contributed by atoms with Gasteiger partial charge in [-0.3, -0.25) is 4.79 Å². The molecule has 108 valence electrons. The number of ketones is 1. The number of nitrogens with one attached hydrogen (secondary N) is 2. The first-order valence-electron chi connectivity index (χ1n) is 6.58. The fourth-order valence-electron chi connectivity index (χ4n) is 1.63. The summed E-state index contributed by atoms with van der Waals surface area (Å²) in [5, 5.41) is 5.82. The normalized spacial score (nSPS) is 11.7. The molecule has 0 aromatic carbocycles. The Morgan fingerprint density at radius 1 is 1.32 bits per heavy atom. The highest BCUT2D eigenvalue weighted by molar-refractivity contribution is 5.81. The van der Waals surface area contributed by atoms with Gasteiger partial charge < -0.3 is 15.4 Å². The van der Waals surface area contributed by atoms with Crippen LogP contribution in [0.15, 0.2) is 0 Å². The molecule has 0 saturated carbocycles. The van der Waals surface area contributed by atoms with E-state index in [0.29, 0.717) is 6.54 Å². The van der Waals surface area contributed by atoms with Crippen LogP contribution in [-0.4, -0.2) is 37.1 Å². The molecule has 0 rings (SSSR count). The molecule has 0 aromatic heterocycles. The summed E-state index contributed by atoms with van der Waals surface area (Å²) >= 11 is 0. The van der Waals surface area contributed by atoms with Gasteiger partial charge >= 0.3 is 6.09 Å². The van der Waals surface area contributed by atoms with Crippen molar-refractivity contribution in [3.05, 3.63) is 0 Å². The predicted molar refractivity (Wildman–Crippen MR) is 74.8 cm³/mol. The van der Waals surface area contributed by atoms with Crippen molar-refractivity contribution in [2.75, 3.05) is 13.2 Å². The summed E-state index contributed by atoms with van der Waals surface area (Å²) in [4.78, 5) is 22.5. The number of hydrogen-bond acceptors (Lipinski definition) is 4. The van der Waals surface area contributed by atoms with Crippen molar-refractivity contribution in [3.8, 4) is 12.3 Å². The second-order valence-electron chi connectivity index (χ2n) is 4.69. The van der Waals surface area contributed by atoms with Crippen LogP contribution < -0.4 is 10.6 Å². The Morgan fingerprint density at radius 2 is 2.00 bits per heavy atom. The maximum Gasteiger partial charge on any atom is 0.408 e. The van der Waals surface area contributed by atoms with E-state index < -0.39 is 6.09 Å². The summed E-state index contributed by atoms with van der Waals surface area (Å²) in [7, 11) is 0. The third-order valence-corrected chi connectivity index (χ3v) is 2.50. The smallest absolute Gasteiger partial charge is 0.408 e. The monoisotopic (exact) mass is 268 g/mol. The van der Waals surface area contributed by atoms with Gasteiger partial charge in [0.15, 0.2) is 6.61 Å². The van der Waals surface area contributed by atoms with Crippen LogP contribution in [0, 0.1) is 12.3 Å². The molecule has 0 heterocycles. The Labute approximate surface area is 115 Å². The molecule has 0 aromatic rings. The molecule has 0 aliphatic heterocycles. The van der Waals surface area contributed by atoms with Gasteiger partial charge in [-0.2, -0.15) is 0 Å². The fraction of sp³-hybridized carbons (Fsp3) is 0.714. The highest BCUT2D eigenvalue weighted by atomic mass is 16.5. The molecule has 5 heteroatoms. The minimum atomic E-state index is -0.499. The number of rotatable bonds is 9. The maximum absolute atomic E-state index is 11.4. The number of ether oxygens (including phenoxy) is 1. The summed E-state index contributed by atoms with van der Waals surface area (Å²) in [5.41, 5.74) is 0. The Balaban J connectivity index is 3.69. The van der Waals surface area contributed by atoms with Crippen molar-refractivity contribution < 1.29 is 14.3 Å². The van der Waals surface area contributed by atoms with Crippen LogP contribution in [0.4, 0.5) is 4.79 Å². The van der Waals surface area contributed by atoms with Crippen molar-refractivity contribution in [1.29, 1.82) is 0 Å². The van der Waals surface area contributed by atoms with Gasteiger partial charge in [0.05, 0.1) is 6.04 Å². The van der Waals surface area contributed by atoms with Gasteiger partial charge in [-0.05, 0) is 26.2 Å². The van der Waals surface area contributed by atoms with E-state index in [1.165, 1.54) is 0 Å². The molecule has 0 saturated heterocycles. The zero-order chi connectivity index (χ0) is 14.7. The van der Waals surface area contributed by atoms with Gasteiger partial charge in [-0.25, -0.2) is 4.79 Å². The number of Topliss-reactive ketones (excluding diaryl/α,β-unsaturated/α-hetero) is 1. The van der Waals surface area contributed by atoms with Gasteiger partial charge in [-0.1, -0.05) is 19.8 Å². The van der Waals surface area contributed by atoms with Crippen LogP contribution in [0.3, 0.4) is 0 Å². The van der Waals surface area contributed by atoms with E-state index in [-0.39, 0.29) is 24.5 Å². The molecule has 19 heavy (non-hydrogen) atoms. The quantitative estimate of drug-likeness (QED) is 0.491. The third kappa shape index (κ3) is 10.1. The lowest BCUT2D eigenvalue weighted by molar-refractivity contribution is -0.119. The lowest BCUT2D eigenvalue weighted by atomic mass is 10.1. The Kier molecular flexibility index (Phi) is 9.55. The molecule has 5 nitrogen and oxygen atoms in total. The van der Waals surface area contributed by atoms with E-state index in [1.807, 2.05) is 13.8 Å². The number of alkyl carbamates (subject to hydrolysis) is 1. The Morgan fingerprint density at radius 3 is 2.53 bits per heavy atom. The fourth-order valence-corrected chi connectivity index (χ4v) is 1.63. The second-order valence-corrected chi connectivity index (χ2v) is 4.69. The van der Waals surface area contributed by atoms with Crippen LogP contribution in [0.5, 0.6) is 0 Å². The van der Waals surface area contributed by atoms with E-state index in [1.54, 1.807) is 6.92 Å². The SMILES string of the molecule is C#CCOC(=O)NCCCCC(NC(C)C)C(C)=O. The third-order valence-electron chi connectivity index (χ3n) is 2.50. The molecule has 1 atom stereocenters. The first-order valence-corrected chi connectivity index (χ1v) is 6.58. The van der Waals surface area contributed by atoms with Gasteiger partial charge in [-0.15, -0.1) is 6.42 Å². The first kappa shape index (κ1) is 17.5. The molecule has 0 bridgehead atoms. The largest absolute Gasteiger partial charge is 0.436 e. The molecular weight excluding hydrogens is 244 g/mol. The van der Waals surface area contributed by atoms with Crippen molar-refractivity contribution in [1.82, 2.24) is 10.6 Å². The molecule has 0 fully saturated rings. The number of hydrogen-bond donors (Lipinski definition) is 2. The summed E-state index contributed by atoms with van der Waals surface area (Å²) in [6.45, 7) is 6.12. The number of unbranched alkanes of at least 4 members (excludes halogenated alkanes) is 1. The minimum absolute atomic E-state index is 0.0173. The molecule has 0 radical (unpaired) electrons. The number of amides is 1. The zero-order valence-electron chi connectivity index (χ0n) is 12.0. The van der Waals surface area contributed by atoms with Gasteiger partial charge in [0.2, 0.25) is 0 Å². The van der Waals surface area contributed by atoms with Crippen LogP contribution in [0.25, 0.3) is 0 Å². The standard InChI is InChI=1S/C14H24N2O3/c1-5-10-19-14(18)15-9-7-6-8-13(12(4)17)16-11(2)3/h1,11,13,16H,6-10H2,2-4H3,(H,15,18). The van der Waals surface area contributed by atoms with E-state index >= 15 is 0 Å².